The molecule has 0 fully saturated rings. The summed E-state index contributed by atoms with van der Waals surface area (Å²) in [6, 6.07) is 7.59. The smallest absolute Gasteiger partial charge is 0.337 e. The first-order chi connectivity index (χ1) is 11.4. The number of carbonyl (C=O) groups is 1. The van der Waals surface area contributed by atoms with Crippen LogP contribution in [0.15, 0.2) is 30.6 Å². The standard InChI is InChI=1S/C17H13ClN4O2/c1-9-3-4-14(13(18)5-9)21-15-11(6-19)7-20-22-8-12(17(23)24)10(2)16(15)22/h3-5,7-8,21H,1-2H3,(H,23,24). The molecule has 2 heterocycles. The number of benzene rings is 1. The molecule has 0 radical (unpaired) electrons. The highest BCUT2D eigenvalue weighted by atomic mass is 35.5. The number of aromatic nitrogens is 2. The lowest BCUT2D eigenvalue weighted by atomic mass is 10.1. The molecule has 0 aliphatic heterocycles. The van der Waals surface area contributed by atoms with E-state index in [1.54, 1.807) is 6.92 Å². The molecule has 6 nitrogen and oxygen atoms in total. The van der Waals surface area contributed by atoms with Crippen LogP contribution in [0.3, 0.4) is 0 Å². The minimum absolute atomic E-state index is 0.135. The summed E-state index contributed by atoms with van der Waals surface area (Å²) in [5.74, 6) is -1.05. The Labute approximate surface area is 142 Å². The maximum Gasteiger partial charge on any atom is 0.337 e. The van der Waals surface area contributed by atoms with Crippen molar-refractivity contribution < 1.29 is 9.90 Å². The zero-order valence-electron chi connectivity index (χ0n) is 13.0. The molecule has 2 N–H and O–H groups in total. The van der Waals surface area contributed by atoms with Crippen molar-refractivity contribution in [3.05, 3.63) is 57.9 Å². The van der Waals surface area contributed by atoms with Crippen molar-refractivity contribution in [3.63, 3.8) is 0 Å². The fourth-order valence-electron chi connectivity index (χ4n) is 2.57. The van der Waals surface area contributed by atoms with E-state index in [1.807, 2.05) is 25.1 Å². The Morgan fingerprint density at radius 3 is 2.79 bits per heavy atom. The minimum atomic E-state index is -1.05. The van der Waals surface area contributed by atoms with Crippen molar-refractivity contribution in [2.24, 2.45) is 0 Å². The number of carboxylic acids is 1. The van der Waals surface area contributed by atoms with Gasteiger partial charge in [0.2, 0.25) is 0 Å². The third-order valence-corrected chi connectivity index (χ3v) is 4.10. The summed E-state index contributed by atoms with van der Waals surface area (Å²) in [6.45, 7) is 3.61. The summed E-state index contributed by atoms with van der Waals surface area (Å²) in [5, 5.41) is 26.5. The Kier molecular flexibility index (Phi) is 3.87. The molecule has 0 saturated carbocycles. The number of hydrogen-bond acceptors (Lipinski definition) is 4. The number of aromatic carboxylic acids is 1. The van der Waals surface area contributed by atoms with Crippen LogP contribution in [0.2, 0.25) is 5.02 Å². The predicted molar refractivity (Wildman–Crippen MR) is 91.1 cm³/mol. The van der Waals surface area contributed by atoms with Gasteiger partial charge in [-0.1, -0.05) is 17.7 Å². The van der Waals surface area contributed by atoms with Crippen LogP contribution >= 0.6 is 11.6 Å². The Hall–Kier alpha value is -3.04. The van der Waals surface area contributed by atoms with Gasteiger partial charge in [-0.25, -0.2) is 9.31 Å². The number of carboxylic acid groups (broad SMARTS) is 1. The minimum Gasteiger partial charge on any atom is -0.478 e. The first-order valence-electron chi connectivity index (χ1n) is 7.10. The molecule has 3 rings (SSSR count). The molecule has 0 unspecified atom stereocenters. The van der Waals surface area contributed by atoms with E-state index >= 15 is 0 Å². The Bertz CT molecular complexity index is 1020. The maximum absolute atomic E-state index is 11.4. The molecule has 3 aromatic rings. The van der Waals surface area contributed by atoms with Crippen LogP contribution in [-0.4, -0.2) is 20.7 Å². The number of anilines is 2. The molecule has 1 aromatic carbocycles. The summed E-state index contributed by atoms with van der Waals surface area (Å²) in [5.41, 5.74) is 3.61. The fraction of sp³-hybridized carbons (Fsp3) is 0.118. The Morgan fingerprint density at radius 1 is 1.42 bits per heavy atom. The van der Waals surface area contributed by atoms with Gasteiger partial charge in [-0.05, 0) is 37.1 Å². The van der Waals surface area contributed by atoms with Gasteiger partial charge in [0, 0.05) is 6.20 Å². The molecular formula is C17H13ClN4O2. The van der Waals surface area contributed by atoms with Gasteiger partial charge in [0.25, 0.3) is 0 Å². The van der Waals surface area contributed by atoms with Gasteiger partial charge < -0.3 is 10.4 Å². The number of nitrogens with one attached hydrogen (secondary N) is 1. The van der Waals surface area contributed by atoms with Crippen LogP contribution in [0, 0.1) is 25.2 Å². The van der Waals surface area contributed by atoms with Gasteiger partial charge in [-0.15, -0.1) is 0 Å². The van der Waals surface area contributed by atoms with E-state index in [1.165, 1.54) is 16.9 Å². The Balaban J connectivity index is 2.25. The fourth-order valence-corrected chi connectivity index (χ4v) is 2.85. The molecule has 0 saturated heterocycles. The molecular weight excluding hydrogens is 328 g/mol. The molecule has 2 aromatic heterocycles. The molecule has 0 aliphatic carbocycles. The normalized spacial score (nSPS) is 10.6. The number of fused-ring (bicyclic) bond motifs is 1. The van der Waals surface area contributed by atoms with Gasteiger partial charge in [0.05, 0.1) is 39.2 Å². The average Bonchev–Trinajstić information content (AvgIpc) is 2.88. The second-order valence-corrected chi connectivity index (χ2v) is 5.83. The van der Waals surface area contributed by atoms with Gasteiger partial charge in [0.15, 0.2) is 0 Å². The molecule has 0 bridgehead atoms. The van der Waals surface area contributed by atoms with E-state index in [0.29, 0.717) is 33.0 Å². The van der Waals surface area contributed by atoms with E-state index in [9.17, 15) is 15.2 Å². The van der Waals surface area contributed by atoms with Crippen molar-refractivity contribution in [2.75, 3.05) is 5.32 Å². The molecule has 0 amide bonds. The van der Waals surface area contributed by atoms with Gasteiger partial charge in [0.1, 0.15) is 6.07 Å². The van der Waals surface area contributed by atoms with Crippen LogP contribution in [0.4, 0.5) is 11.4 Å². The summed E-state index contributed by atoms with van der Waals surface area (Å²) in [7, 11) is 0. The number of aryl methyl sites for hydroxylation is 2. The van der Waals surface area contributed by atoms with Crippen LogP contribution in [0.1, 0.15) is 27.0 Å². The van der Waals surface area contributed by atoms with Crippen LogP contribution in [0.5, 0.6) is 0 Å². The number of hydrogen-bond donors (Lipinski definition) is 2. The quantitative estimate of drug-likeness (QED) is 0.754. The third kappa shape index (κ3) is 2.55. The zero-order valence-corrected chi connectivity index (χ0v) is 13.7. The van der Waals surface area contributed by atoms with E-state index < -0.39 is 5.97 Å². The lowest BCUT2D eigenvalue weighted by Gasteiger charge is -2.12. The third-order valence-electron chi connectivity index (χ3n) is 3.79. The van der Waals surface area contributed by atoms with Gasteiger partial charge in [-0.2, -0.15) is 10.4 Å². The van der Waals surface area contributed by atoms with E-state index in [4.69, 9.17) is 11.6 Å². The predicted octanol–water partition coefficient (Wildman–Crippen LogP) is 3.92. The molecule has 7 heteroatoms. The number of rotatable bonds is 3. The highest BCUT2D eigenvalue weighted by Crippen LogP contribution is 2.33. The van der Waals surface area contributed by atoms with Crippen LogP contribution in [0.25, 0.3) is 5.52 Å². The SMILES string of the molecule is Cc1ccc(Nc2c(C#N)cnn3cc(C(=O)O)c(C)c23)c(Cl)c1. The van der Waals surface area contributed by atoms with Crippen molar-refractivity contribution in [1.29, 1.82) is 5.26 Å². The van der Waals surface area contributed by atoms with Crippen molar-refractivity contribution >= 4 is 34.5 Å². The first kappa shape index (κ1) is 15.8. The van der Waals surface area contributed by atoms with Crippen molar-refractivity contribution in [2.45, 2.75) is 13.8 Å². The number of halogens is 1. The highest BCUT2D eigenvalue weighted by molar-refractivity contribution is 6.33. The molecule has 0 atom stereocenters. The lowest BCUT2D eigenvalue weighted by molar-refractivity contribution is 0.0696. The highest BCUT2D eigenvalue weighted by Gasteiger charge is 2.19. The topological polar surface area (TPSA) is 90.4 Å². The van der Waals surface area contributed by atoms with Crippen LogP contribution < -0.4 is 5.32 Å². The number of nitrogens with zero attached hydrogens (tertiary/aromatic N) is 3. The van der Waals surface area contributed by atoms with Crippen molar-refractivity contribution in [1.82, 2.24) is 9.61 Å². The summed E-state index contributed by atoms with van der Waals surface area (Å²) in [4.78, 5) is 11.4. The number of nitriles is 1. The second-order valence-electron chi connectivity index (χ2n) is 5.42. The summed E-state index contributed by atoms with van der Waals surface area (Å²) >= 11 is 6.26. The summed E-state index contributed by atoms with van der Waals surface area (Å²) < 4.78 is 1.45. The molecule has 0 spiro atoms. The molecule has 24 heavy (non-hydrogen) atoms. The zero-order chi connectivity index (χ0) is 17.4. The molecule has 0 aliphatic rings. The van der Waals surface area contributed by atoms with Gasteiger partial charge >= 0.3 is 5.97 Å². The van der Waals surface area contributed by atoms with E-state index in [-0.39, 0.29) is 5.56 Å². The summed E-state index contributed by atoms with van der Waals surface area (Å²) in [6.07, 6.45) is 2.82. The second kappa shape index (κ2) is 5.87. The maximum atomic E-state index is 11.4. The van der Waals surface area contributed by atoms with E-state index in [2.05, 4.69) is 16.5 Å². The largest absolute Gasteiger partial charge is 0.478 e. The van der Waals surface area contributed by atoms with Crippen LogP contribution in [-0.2, 0) is 0 Å². The molecule has 120 valence electrons. The lowest BCUT2D eigenvalue weighted by Crippen LogP contribution is -2.01. The average molecular weight is 341 g/mol. The monoisotopic (exact) mass is 340 g/mol. The first-order valence-corrected chi connectivity index (χ1v) is 7.47. The van der Waals surface area contributed by atoms with Crippen molar-refractivity contribution in [3.8, 4) is 6.07 Å². The van der Waals surface area contributed by atoms with E-state index in [0.717, 1.165) is 5.56 Å². The van der Waals surface area contributed by atoms with Gasteiger partial charge in [-0.3, -0.25) is 0 Å². The Morgan fingerprint density at radius 2 is 2.17 bits per heavy atom.